The second kappa shape index (κ2) is 6.75. The Morgan fingerprint density at radius 1 is 1.40 bits per heavy atom. The lowest BCUT2D eigenvalue weighted by molar-refractivity contribution is 0.0697. The quantitative estimate of drug-likeness (QED) is 0.868. The zero-order valence-electron chi connectivity index (χ0n) is 12.4. The summed E-state index contributed by atoms with van der Waals surface area (Å²) in [6.07, 6.45) is 3.41. The van der Waals surface area contributed by atoms with Crippen molar-refractivity contribution in [1.82, 2.24) is 5.32 Å². The van der Waals surface area contributed by atoms with Crippen LogP contribution in [0.2, 0.25) is 0 Å². The van der Waals surface area contributed by atoms with E-state index in [1.165, 1.54) is 5.69 Å². The largest absolute Gasteiger partial charge is 0.478 e. The van der Waals surface area contributed by atoms with Gasteiger partial charge in [-0.25, -0.2) is 4.79 Å². The lowest BCUT2D eigenvalue weighted by Crippen LogP contribution is -2.44. The van der Waals surface area contributed by atoms with Gasteiger partial charge in [-0.3, -0.25) is 0 Å². The van der Waals surface area contributed by atoms with Crippen molar-refractivity contribution in [3.8, 4) is 0 Å². The van der Waals surface area contributed by atoms with Crippen LogP contribution in [0.3, 0.4) is 0 Å². The van der Waals surface area contributed by atoms with Crippen molar-refractivity contribution in [3.63, 3.8) is 0 Å². The van der Waals surface area contributed by atoms with Crippen molar-refractivity contribution < 1.29 is 9.90 Å². The van der Waals surface area contributed by atoms with Crippen LogP contribution in [-0.4, -0.2) is 36.8 Å². The van der Waals surface area contributed by atoms with Crippen molar-refractivity contribution in [3.05, 3.63) is 29.3 Å². The fourth-order valence-corrected chi connectivity index (χ4v) is 2.97. The Kier molecular flexibility index (Phi) is 5.01. The van der Waals surface area contributed by atoms with Crippen LogP contribution in [0.4, 0.5) is 5.69 Å². The summed E-state index contributed by atoms with van der Waals surface area (Å²) in [6.45, 7) is 7.35. The molecular weight excluding hydrogens is 252 g/mol. The molecule has 0 radical (unpaired) electrons. The predicted octanol–water partition coefficient (Wildman–Crippen LogP) is 2.66. The first-order valence-corrected chi connectivity index (χ1v) is 7.44. The van der Waals surface area contributed by atoms with Crippen molar-refractivity contribution in [2.75, 3.05) is 24.5 Å². The minimum Gasteiger partial charge on any atom is -0.478 e. The number of anilines is 1. The van der Waals surface area contributed by atoms with Crippen LogP contribution in [0.5, 0.6) is 0 Å². The molecule has 2 N–H and O–H groups in total. The van der Waals surface area contributed by atoms with E-state index in [9.17, 15) is 4.79 Å². The molecule has 0 bridgehead atoms. The van der Waals surface area contributed by atoms with E-state index < -0.39 is 5.97 Å². The molecule has 1 aromatic carbocycles. The van der Waals surface area contributed by atoms with Crippen LogP contribution in [0, 0.1) is 6.92 Å². The lowest BCUT2D eigenvalue weighted by Gasteiger charge is -2.37. The van der Waals surface area contributed by atoms with E-state index in [0.29, 0.717) is 11.6 Å². The summed E-state index contributed by atoms with van der Waals surface area (Å²) in [6, 6.07) is 6.03. The molecule has 110 valence electrons. The summed E-state index contributed by atoms with van der Waals surface area (Å²) in [7, 11) is 0. The Morgan fingerprint density at radius 3 is 2.65 bits per heavy atom. The van der Waals surface area contributed by atoms with Crippen LogP contribution in [0.15, 0.2) is 18.2 Å². The van der Waals surface area contributed by atoms with Gasteiger partial charge in [-0.2, -0.15) is 0 Å². The number of aromatic carboxylic acids is 1. The van der Waals surface area contributed by atoms with E-state index >= 15 is 0 Å². The molecule has 0 aliphatic carbocycles. The fourth-order valence-electron chi connectivity index (χ4n) is 2.97. The fraction of sp³-hybridized carbons (Fsp3) is 0.562. The summed E-state index contributed by atoms with van der Waals surface area (Å²) in [4.78, 5) is 13.5. The van der Waals surface area contributed by atoms with Crippen LogP contribution < -0.4 is 10.2 Å². The Hall–Kier alpha value is -1.55. The predicted molar refractivity (Wildman–Crippen MR) is 81.7 cm³/mol. The number of rotatable bonds is 5. The van der Waals surface area contributed by atoms with Gasteiger partial charge in [0.25, 0.3) is 0 Å². The molecular formula is C16H24N2O2. The van der Waals surface area contributed by atoms with Gasteiger partial charge < -0.3 is 15.3 Å². The van der Waals surface area contributed by atoms with Crippen LogP contribution >= 0.6 is 0 Å². The van der Waals surface area contributed by atoms with Gasteiger partial charge in [0, 0.05) is 18.3 Å². The molecule has 1 aliphatic heterocycles. The van der Waals surface area contributed by atoms with E-state index in [1.807, 2.05) is 13.0 Å². The summed E-state index contributed by atoms with van der Waals surface area (Å²) in [5, 5.41) is 12.5. The summed E-state index contributed by atoms with van der Waals surface area (Å²) in [5.41, 5.74) is 2.61. The van der Waals surface area contributed by atoms with E-state index in [1.54, 1.807) is 12.1 Å². The summed E-state index contributed by atoms with van der Waals surface area (Å²) < 4.78 is 0. The highest BCUT2D eigenvalue weighted by atomic mass is 16.4. The average Bonchev–Trinajstić information content (AvgIpc) is 2.46. The standard InChI is InChI=1S/C16H24N2O2/c1-3-10-18(14-6-8-17-9-7-14)15-5-4-13(16(19)20)11-12(15)2/h4-5,11,14,17H,3,6-10H2,1-2H3,(H,19,20). The third kappa shape index (κ3) is 3.31. The monoisotopic (exact) mass is 276 g/mol. The van der Waals surface area contributed by atoms with Crippen LogP contribution in [0.1, 0.15) is 42.1 Å². The Morgan fingerprint density at radius 2 is 2.10 bits per heavy atom. The maximum atomic E-state index is 11.0. The number of hydrogen-bond acceptors (Lipinski definition) is 3. The van der Waals surface area contributed by atoms with Gasteiger partial charge in [0.2, 0.25) is 0 Å². The van der Waals surface area contributed by atoms with Gasteiger partial charge in [-0.15, -0.1) is 0 Å². The summed E-state index contributed by atoms with van der Waals surface area (Å²) >= 11 is 0. The van der Waals surface area contributed by atoms with E-state index in [2.05, 4.69) is 17.1 Å². The normalized spacial score (nSPS) is 16.1. The molecule has 20 heavy (non-hydrogen) atoms. The molecule has 1 fully saturated rings. The zero-order chi connectivity index (χ0) is 14.5. The highest BCUT2D eigenvalue weighted by molar-refractivity contribution is 5.88. The van der Waals surface area contributed by atoms with Crippen LogP contribution in [-0.2, 0) is 0 Å². The number of aryl methyl sites for hydroxylation is 1. The first-order chi connectivity index (χ1) is 9.63. The lowest BCUT2D eigenvalue weighted by atomic mass is 10.0. The topological polar surface area (TPSA) is 52.6 Å². The maximum absolute atomic E-state index is 11.0. The Labute approximate surface area is 120 Å². The molecule has 2 rings (SSSR count). The highest BCUT2D eigenvalue weighted by Gasteiger charge is 2.22. The number of carbonyl (C=O) groups is 1. The van der Waals surface area contributed by atoms with Crippen molar-refractivity contribution in [1.29, 1.82) is 0 Å². The first kappa shape index (κ1) is 14.9. The van der Waals surface area contributed by atoms with Gasteiger partial charge in [0.15, 0.2) is 0 Å². The molecule has 0 saturated carbocycles. The van der Waals surface area contributed by atoms with Gasteiger partial charge in [-0.05, 0) is 63.0 Å². The maximum Gasteiger partial charge on any atom is 0.335 e. The number of nitrogens with one attached hydrogen (secondary N) is 1. The Balaban J connectivity index is 2.26. The molecule has 1 aromatic rings. The molecule has 4 heteroatoms. The molecule has 0 unspecified atom stereocenters. The molecule has 1 aliphatic rings. The Bertz CT molecular complexity index is 468. The number of nitrogens with zero attached hydrogens (tertiary/aromatic N) is 1. The smallest absolute Gasteiger partial charge is 0.335 e. The van der Waals surface area contributed by atoms with Crippen molar-refractivity contribution in [2.45, 2.75) is 39.2 Å². The first-order valence-electron chi connectivity index (χ1n) is 7.44. The molecule has 0 atom stereocenters. The highest BCUT2D eigenvalue weighted by Crippen LogP contribution is 2.26. The van der Waals surface area contributed by atoms with Gasteiger partial charge in [0.1, 0.15) is 0 Å². The molecule has 0 amide bonds. The second-order valence-corrected chi connectivity index (χ2v) is 5.48. The van der Waals surface area contributed by atoms with Crippen molar-refractivity contribution >= 4 is 11.7 Å². The molecule has 1 heterocycles. The number of piperidine rings is 1. The molecule has 0 spiro atoms. The number of benzene rings is 1. The molecule has 1 saturated heterocycles. The second-order valence-electron chi connectivity index (χ2n) is 5.48. The number of carboxylic acid groups (broad SMARTS) is 1. The number of carboxylic acids is 1. The van der Waals surface area contributed by atoms with Gasteiger partial charge in [-0.1, -0.05) is 6.92 Å². The third-order valence-corrected chi connectivity index (χ3v) is 3.97. The zero-order valence-corrected chi connectivity index (χ0v) is 12.4. The SMILES string of the molecule is CCCN(c1ccc(C(=O)O)cc1C)C1CCNCC1. The minimum absolute atomic E-state index is 0.369. The minimum atomic E-state index is -0.858. The van der Waals surface area contributed by atoms with Crippen molar-refractivity contribution in [2.24, 2.45) is 0 Å². The molecule has 0 aromatic heterocycles. The summed E-state index contributed by atoms with van der Waals surface area (Å²) in [5.74, 6) is -0.858. The average molecular weight is 276 g/mol. The van der Waals surface area contributed by atoms with E-state index in [4.69, 9.17) is 5.11 Å². The number of hydrogen-bond donors (Lipinski definition) is 2. The van der Waals surface area contributed by atoms with Gasteiger partial charge in [0.05, 0.1) is 5.56 Å². The van der Waals surface area contributed by atoms with Crippen LogP contribution in [0.25, 0.3) is 0 Å². The molecule has 4 nitrogen and oxygen atoms in total. The van der Waals surface area contributed by atoms with Gasteiger partial charge >= 0.3 is 5.97 Å². The third-order valence-electron chi connectivity index (χ3n) is 3.97. The van der Waals surface area contributed by atoms with E-state index in [0.717, 1.165) is 44.5 Å². The van der Waals surface area contributed by atoms with E-state index in [-0.39, 0.29) is 0 Å².